The van der Waals surface area contributed by atoms with Gasteiger partial charge < -0.3 is 4.74 Å². The minimum atomic E-state index is -0.383. The lowest BCUT2D eigenvalue weighted by Crippen LogP contribution is -2.29. The van der Waals surface area contributed by atoms with Crippen molar-refractivity contribution in [3.8, 4) is 0 Å². The molecule has 0 fully saturated rings. The first-order chi connectivity index (χ1) is 8.63. The Morgan fingerprint density at radius 1 is 1.67 bits per heavy atom. The second-order valence-corrected chi connectivity index (χ2v) is 4.29. The fourth-order valence-corrected chi connectivity index (χ4v) is 2.15. The van der Waals surface area contributed by atoms with Crippen molar-refractivity contribution in [2.45, 2.75) is 32.7 Å². The van der Waals surface area contributed by atoms with E-state index in [2.05, 4.69) is 4.98 Å². The Morgan fingerprint density at radius 2 is 2.44 bits per heavy atom. The monoisotopic (exact) mass is 248 g/mol. The minimum absolute atomic E-state index is 0.0815. The van der Waals surface area contributed by atoms with Gasteiger partial charge in [0.25, 0.3) is 5.56 Å². The summed E-state index contributed by atoms with van der Waals surface area (Å²) in [5.41, 5.74) is 0.686. The summed E-state index contributed by atoms with van der Waals surface area (Å²) >= 11 is 0. The average molecular weight is 248 g/mol. The lowest BCUT2D eigenvalue weighted by molar-refractivity contribution is -0.137. The third kappa shape index (κ3) is 2.34. The van der Waals surface area contributed by atoms with Crippen LogP contribution in [0.25, 0.3) is 5.57 Å². The molecule has 96 valence electrons. The van der Waals surface area contributed by atoms with Gasteiger partial charge in [-0.15, -0.1) is 0 Å². The van der Waals surface area contributed by atoms with Crippen LogP contribution in [-0.4, -0.2) is 22.1 Å². The molecule has 1 aromatic heterocycles. The number of fused-ring (bicyclic) bond motifs is 1. The molecule has 0 aromatic carbocycles. The number of nitrogens with zero attached hydrogens (tertiary/aromatic N) is 2. The van der Waals surface area contributed by atoms with Gasteiger partial charge >= 0.3 is 5.97 Å². The Hall–Kier alpha value is -1.91. The first-order valence-corrected chi connectivity index (χ1v) is 6.08. The largest absolute Gasteiger partial charge is 0.463 e. The summed E-state index contributed by atoms with van der Waals surface area (Å²) in [4.78, 5) is 27.5. The van der Waals surface area contributed by atoms with E-state index in [1.807, 2.05) is 6.92 Å². The summed E-state index contributed by atoms with van der Waals surface area (Å²) in [6, 6.07) is 1.55. The number of carbonyl (C=O) groups excluding carboxylic acids is 1. The maximum atomic E-state index is 11.8. The molecule has 18 heavy (non-hydrogen) atoms. The number of allylic oxidation sites excluding steroid dienone is 1. The second-order valence-electron chi connectivity index (χ2n) is 4.29. The molecular weight excluding hydrogens is 232 g/mol. The summed E-state index contributed by atoms with van der Waals surface area (Å²) in [7, 11) is 0. The Kier molecular flexibility index (Phi) is 3.60. The van der Waals surface area contributed by atoms with E-state index in [9.17, 15) is 9.59 Å². The van der Waals surface area contributed by atoms with Gasteiger partial charge in [-0.2, -0.15) is 0 Å². The highest BCUT2D eigenvalue weighted by Gasteiger charge is 2.22. The van der Waals surface area contributed by atoms with Crippen LogP contribution in [0.2, 0.25) is 0 Å². The van der Waals surface area contributed by atoms with Crippen LogP contribution >= 0.6 is 0 Å². The molecule has 0 bridgehead atoms. The van der Waals surface area contributed by atoms with Crippen molar-refractivity contribution in [1.29, 1.82) is 0 Å². The van der Waals surface area contributed by atoms with Crippen molar-refractivity contribution in [2.24, 2.45) is 0 Å². The predicted molar refractivity (Wildman–Crippen MR) is 67.1 cm³/mol. The smallest absolute Gasteiger partial charge is 0.331 e. The van der Waals surface area contributed by atoms with E-state index in [1.54, 1.807) is 11.5 Å². The molecule has 1 unspecified atom stereocenters. The molecular formula is C13H16N2O3. The molecule has 0 amide bonds. The third-order valence-electron chi connectivity index (χ3n) is 3.02. The van der Waals surface area contributed by atoms with Gasteiger partial charge in [-0.3, -0.25) is 9.36 Å². The van der Waals surface area contributed by atoms with Crippen LogP contribution in [0.15, 0.2) is 23.1 Å². The van der Waals surface area contributed by atoms with E-state index in [4.69, 9.17) is 4.74 Å². The number of esters is 1. The predicted octanol–water partition coefficient (Wildman–Crippen LogP) is 1.54. The van der Waals surface area contributed by atoms with Crippen LogP contribution in [0, 0.1) is 0 Å². The maximum Gasteiger partial charge on any atom is 0.331 e. The van der Waals surface area contributed by atoms with E-state index in [0.717, 1.165) is 18.4 Å². The van der Waals surface area contributed by atoms with Crippen LogP contribution in [0.3, 0.4) is 0 Å². The summed E-state index contributed by atoms with van der Waals surface area (Å²) in [6.07, 6.45) is 4.47. The van der Waals surface area contributed by atoms with E-state index in [1.165, 1.54) is 18.3 Å². The van der Waals surface area contributed by atoms with E-state index >= 15 is 0 Å². The molecule has 1 aliphatic rings. The van der Waals surface area contributed by atoms with Gasteiger partial charge in [0.05, 0.1) is 6.61 Å². The van der Waals surface area contributed by atoms with Crippen LogP contribution in [0.4, 0.5) is 0 Å². The van der Waals surface area contributed by atoms with Crippen molar-refractivity contribution < 1.29 is 9.53 Å². The first-order valence-electron chi connectivity index (χ1n) is 6.08. The molecule has 2 rings (SSSR count). The van der Waals surface area contributed by atoms with Crippen molar-refractivity contribution in [1.82, 2.24) is 9.55 Å². The number of ether oxygens (including phenoxy) is 1. The van der Waals surface area contributed by atoms with Gasteiger partial charge in [-0.05, 0) is 26.7 Å². The Labute approximate surface area is 105 Å². The quantitative estimate of drug-likeness (QED) is 0.588. The molecule has 0 saturated heterocycles. The summed E-state index contributed by atoms with van der Waals surface area (Å²) in [6.45, 7) is 4.08. The molecule has 5 heteroatoms. The molecule has 2 heterocycles. The Bertz CT molecular complexity index is 545. The topological polar surface area (TPSA) is 61.2 Å². The average Bonchev–Trinajstić information content (AvgIpc) is 2.33. The Morgan fingerprint density at radius 3 is 3.17 bits per heavy atom. The van der Waals surface area contributed by atoms with Gasteiger partial charge in [0.15, 0.2) is 0 Å². The van der Waals surface area contributed by atoms with Gasteiger partial charge in [-0.1, -0.05) is 0 Å². The lowest BCUT2D eigenvalue weighted by atomic mass is 10.00. The van der Waals surface area contributed by atoms with E-state index < -0.39 is 0 Å². The summed E-state index contributed by atoms with van der Waals surface area (Å²) in [5.74, 6) is 0.195. The van der Waals surface area contributed by atoms with Gasteiger partial charge in [0.1, 0.15) is 5.82 Å². The van der Waals surface area contributed by atoms with Crippen LogP contribution in [0.1, 0.15) is 38.6 Å². The highest BCUT2D eigenvalue weighted by molar-refractivity contribution is 5.90. The Balaban J connectivity index is 2.44. The first kappa shape index (κ1) is 12.5. The molecule has 1 aromatic rings. The van der Waals surface area contributed by atoms with Gasteiger partial charge in [-0.25, -0.2) is 9.78 Å². The van der Waals surface area contributed by atoms with Crippen LogP contribution < -0.4 is 5.56 Å². The molecule has 1 aliphatic heterocycles. The molecule has 0 saturated carbocycles. The van der Waals surface area contributed by atoms with Gasteiger partial charge in [0, 0.05) is 30.0 Å². The summed E-state index contributed by atoms with van der Waals surface area (Å²) in [5, 5.41) is 0. The summed E-state index contributed by atoms with van der Waals surface area (Å²) < 4.78 is 6.52. The lowest BCUT2D eigenvalue weighted by Gasteiger charge is -2.25. The zero-order chi connectivity index (χ0) is 13.1. The van der Waals surface area contributed by atoms with E-state index in [0.29, 0.717) is 12.4 Å². The van der Waals surface area contributed by atoms with Crippen molar-refractivity contribution in [3.05, 3.63) is 34.5 Å². The fourth-order valence-electron chi connectivity index (χ4n) is 2.15. The molecule has 0 aliphatic carbocycles. The molecule has 5 nitrogen and oxygen atoms in total. The van der Waals surface area contributed by atoms with Gasteiger partial charge in [0.2, 0.25) is 0 Å². The third-order valence-corrected chi connectivity index (χ3v) is 3.02. The number of hydrogen-bond donors (Lipinski definition) is 0. The zero-order valence-electron chi connectivity index (χ0n) is 10.5. The SMILES string of the molecule is CCOC(=O)C=C1CCC(C)n2c1nccc2=O. The normalized spacial score (nSPS) is 20.6. The van der Waals surface area contributed by atoms with E-state index in [-0.39, 0.29) is 17.6 Å². The van der Waals surface area contributed by atoms with Crippen molar-refractivity contribution >= 4 is 11.5 Å². The van der Waals surface area contributed by atoms with Crippen LogP contribution in [-0.2, 0) is 9.53 Å². The highest BCUT2D eigenvalue weighted by atomic mass is 16.5. The fraction of sp³-hybridized carbons (Fsp3) is 0.462. The highest BCUT2D eigenvalue weighted by Crippen LogP contribution is 2.29. The van der Waals surface area contributed by atoms with Crippen molar-refractivity contribution in [3.63, 3.8) is 0 Å². The van der Waals surface area contributed by atoms with Crippen LogP contribution in [0.5, 0.6) is 0 Å². The number of aromatic nitrogens is 2. The number of rotatable bonds is 2. The minimum Gasteiger partial charge on any atom is -0.463 e. The second kappa shape index (κ2) is 5.16. The maximum absolute atomic E-state index is 11.8. The molecule has 0 N–H and O–H groups in total. The molecule has 0 spiro atoms. The number of hydrogen-bond acceptors (Lipinski definition) is 4. The van der Waals surface area contributed by atoms with Crippen molar-refractivity contribution in [2.75, 3.05) is 6.61 Å². The standard InChI is InChI=1S/C13H16N2O3/c1-3-18-12(17)8-10-5-4-9(2)15-11(16)6-7-14-13(10)15/h6-9H,3-5H2,1-2H3. The molecule has 0 radical (unpaired) electrons. The molecule has 1 atom stereocenters. The zero-order valence-corrected chi connectivity index (χ0v) is 10.5. The number of carbonyl (C=O) groups is 1.